The van der Waals surface area contributed by atoms with Crippen LogP contribution in [0.25, 0.3) is 10.8 Å². The summed E-state index contributed by atoms with van der Waals surface area (Å²) in [6, 6.07) is 18.2. The van der Waals surface area contributed by atoms with Crippen molar-refractivity contribution in [1.29, 1.82) is 5.26 Å². The van der Waals surface area contributed by atoms with Gasteiger partial charge in [-0.3, -0.25) is 9.59 Å². The van der Waals surface area contributed by atoms with Crippen LogP contribution in [0, 0.1) is 11.3 Å². The van der Waals surface area contributed by atoms with Gasteiger partial charge in [0, 0.05) is 23.7 Å². The number of benzene rings is 3. The molecular formula is C29H29ClN4O3. The van der Waals surface area contributed by atoms with Gasteiger partial charge in [0.1, 0.15) is 5.75 Å². The lowest BCUT2D eigenvalue weighted by Crippen LogP contribution is -2.42. The first-order chi connectivity index (χ1) is 18.0. The molecule has 0 spiro atoms. The van der Waals surface area contributed by atoms with Crippen molar-refractivity contribution in [1.82, 2.24) is 10.3 Å². The van der Waals surface area contributed by atoms with Crippen molar-refractivity contribution in [3.05, 3.63) is 76.3 Å². The van der Waals surface area contributed by atoms with Crippen molar-refractivity contribution >= 4 is 40.4 Å². The number of nitriles is 1. The third-order valence-electron chi connectivity index (χ3n) is 6.77. The number of hydrogen-bond acceptors (Lipinski definition) is 5. The van der Waals surface area contributed by atoms with Crippen molar-refractivity contribution < 1.29 is 14.7 Å². The standard InChI is InChI=1S/C29H29ClN4O3/c30-26-17-21(13-14-27(26)35)29(37)33-32-19-22-12-11-20(24-9-4-5-10-25(22)24)18-28(36)34(16-6-15-31)23-7-2-1-3-8-23/h4-5,9-14,17,19,23,35H,1-3,6-8,16,18H2,(H,33,37)/b32-19+. The van der Waals surface area contributed by atoms with E-state index in [4.69, 9.17) is 16.9 Å². The van der Waals surface area contributed by atoms with Crippen molar-refractivity contribution in [2.75, 3.05) is 6.54 Å². The van der Waals surface area contributed by atoms with Crippen LogP contribution in [-0.4, -0.2) is 40.6 Å². The quantitative estimate of drug-likeness (QED) is 0.301. The maximum absolute atomic E-state index is 13.4. The predicted molar refractivity (Wildman–Crippen MR) is 145 cm³/mol. The second kappa shape index (κ2) is 12.4. The summed E-state index contributed by atoms with van der Waals surface area (Å²) >= 11 is 5.88. The monoisotopic (exact) mass is 516 g/mol. The zero-order valence-electron chi connectivity index (χ0n) is 20.5. The number of rotatable bonds is 8. The average molecular weight is 517 g/mol. The Balaban J connectivity index is 1.51. The maximum atomic E-state index is 13.4. The van der Waals surface area contributed by atoms with E-state index in [1.54, 1.807) is 6.21 Å². The summed E-state index contributed by atoms with van der Waals surface area (Å²) in [7, 11) is 0. The Hall–Kier alpha value is -3.89. The summed E-state index contributed by atoms with van der Waals surface area (Å²) in [4.78, 5) is 27.7. The number of carbonyl (C=O) groups is 2. The van der Waals surface area contributed by atoms with E-state index in [0.717, 1.165) is 47.6 Å². The molecule has 0 aliphatic heterocycles. The number of hydrazone groups is 1. The Kier molecular flexibility index (Phi) is 8.76. The van der Waals surface area contributed by atoms with Gasteiger partial charge in [0.2, 0.25) is 5.91 Å². The molecule has 1 saturated carbocycles. The van der Waals surface area contributed by atoms with E-state index in [1.807, 2.05) is 41.3 Å². The van der Waals surface area contributed by atoms with Crippen molar-refractivity contribution in [2.24, 2.45) is 5.10 Å². The molecule has 0 radical (unpaired) electrons. The lowest BCUT2D eigenvalue weighted by Gasteiger charge is -2.34. The number of phenolic OH excluding ortho intramolecular Hbond substituents is 1. The highest BCUT2D eigenvalue weighted by atomic mass is 35.5. The van der Waals surface area contributed by atoms with Gasteiger partial charge >= 0.3 is 0 Å². The molecule has 0 heterocycles. The largest absolute Gasteiger partial charge is 0.506 e. The van der Waals surface area contributed by atoms with Crippen LogP contribution in [-0.2, 0) is 11.2 Å². The molecule has 3 aromatic carbocycles. The van der Waals surface area contributed by atoms with Crippen LogP contribution in [0.1, 0.15) is 60.0 Å². The Morgan fingerprint density at radius 3 is 2.59 bits per heavy atom. The lowest BCUT2D eigenvalue weighted by molar-refractivity contribution is -0.133. The fourth-order valence-corrected chi connectivity index (χ4v) is 5.04. The smallest absolute Gasteiger partial charge is 0.271 e. The molecule has 0 bridgehead atoms. The van der Waals surface area contributed by atoms with Crippen LogP contribution >= 0.6 is 11.6 Å². The molecule has 37 heavy (non-hydrogen) atoms. The Morgan fingerprint density at radius 1 is 1.11 bits per heavy atom. The van der Waals surface area contributed by atoms with Gasteiger partial charge < -0.3 is 10.0 Å². The van der Waals surface area contributed by atoms with Crippen LogP contribution < -0.4 is 5.43 Å². The average Bonchev–Trinajstić information content (AvgIpc) is 2.92. The van der Waals surface area contributed by atoms with Crippen molar-refractivity contribution in [3.8, 4) is 11.8 Å². The lowest BCUT2D eigenvalue weighted by atomic mass is 9.93. The van der Waals surface area contributed by atoms with E-state index in [-0.39, 0.29) is 34.7 Å². The van der Waals surface area contributed by atoms with Gasteiger partial charge in [0.05, 0.1) is 30.1 Å². The molecule has 8 heteroatoms. The first kappa shape index (κ1) is 26.2. The molecule has 7 nitrogen and oxygen atoms in total. The minimum atomic E-state index is -0.454. The molecule has 0 unspecified atom stereocenters. The second-order valence-electron chi connectivity index (χ2n) is 9.19. The van der Waals surface area contributed by atoms with Crippen molar-refractivity contribution in [2.45, 2.75) is 51.0 Å². The normalized spacial score (nSPS) is 13.9. The number of nitrogens with zero attached hydrogens (tertiary/aromatic N) is 3. The topological polar surface area (TPSA) is 106 Å². The predicted octanol–water partition coefficient (Wildman–Crippen LogP) is 5.58. The van der Waals surface area contributed by atoms with Crippen molar-refractivity contribution in [3.63, 3.8) is 0 Å². The number of phenols is 1. The SMILES string of the molecule is N#CCCN(C(=O)Cc1ccc(/C=N/NC(=O)c2ccc(O)c(Cl)c2)c2ccccc12)C1CCCCC1. The third kappa shape index (κ3) is 6.46. The second-order valence-corrected chi connectivity index (χ2v) is 9.60. The van der Waals surface area contributed by atoms with E-state index in [2.05, 4.69) is 16.6 Å². The third-order valence-corrected chi connectivity index (χ3v) is 7.07. The molecule has 0 aromatic heterocycles. The van der Waals surface area contributed by atoms with Gasteiger partial charge in [0.25, 0.3) is 5.91 Å². The minimum absolute atomic E-state index is 0.0496. The van der Waals surface area contributed by atoms with E-state index in [9.17, 15) is 14.7 Å². The first-order valence-corrected chi connectivity index (χ1v) is 12.8. The van der Waals surface area contributed by atoms with Crippen LogP contribution in [0.15, 0.2) is 59.7 Å². The van der Waals surface area contributed by atoms with Gasteiger partial charge in [-0.15, -0.1) is 0 Å². The highest BCUT2D eigenvalue weighted by Crippen LogP contribution is 2.27. The van der Waals surface area contributed by atoms with Crippen LogP contribution in [0.3, 0.4) is 0 Å². The summed E-state index contributed by atoms with van der Waals surface area (Å²) in [5.74, 6) is -0.503. The fraction of sp³-hybridized carbons (Fsp3) is 0.310. The Bertz CT molecular complexity index is 1360. The van der Waals surface area contributed by atoms with Crippen LogP contribution in [0.2, 0.25) is 5.02 Å². The molecule has 1 aliphatic rings. The zero-order valence-corrected chi connectivity index (χ0v) is 21.2. The summed E-state index contributed by atoms with van der Waals surface area (Å²) in [6.45, 7) is 0.467. The fourth-order valence-electron chi connectivity index (χ4n) is 4.86. The summed E-state index contributed by atoms with van der Waals surface area (Å²) in [6.07, 6.45) is 7.59. The molecule has 2 amide bonds. The van der Waals surface area contributed by atoms with Gasteiger partial charge in [-0.05, 0) is 47.4 Å². The molecule has 4 rings (SSSR count). The summed E-state index contributed by atoms with van der Waals surface area (Å²) in [5.41, 5.74) is 4.47. The van der Waals surface area contributed by atoms with Crippen LogP contribution in [0.4, 0.5) is 0 Å². The van der Waals surface area contributed by atoms with Gasteiger partial charge in [0.15, 0.2) is 0 Å². The molecule has 0 saturated heterocycles. The van der Waals surface area contributed by atoms with Crippen LogP contribution in [0.5, 0.6) is 5.75 Å². The number of amides is 2. The van der Waals surface area contributed by atoms with E-state index in [0.29, 0.717) is 13.0 Å². The molecule has 1 fully saturated rings. The molecule has 1 aliphatic carbocycles. The summed E-state index contributed by atoms with van der Waals surface area (Å²) < 4.78 is 0. The highest BCUT2D eigenvalue weighted by Gasteiger charge is 2.25. The Labute approximate surface area is 221 Å². The van der Waals surface area contributed by atoms with E-state index < -0.39 is 5.91 Å². The van der Waals surface area contributed by atoms with Gasteiger partial charge in [-0.2, -0.15) is 10.4 Å². The minimum Gasteiger partial charge on any atom is -0.506 e. The summed E-state index contributed by atoms with van der Waals surface area (Å²) in [5, 5.41) is 24.7. The number of aromatic hydroxyl groups is 1. The molecular weight excluding hydrogens is 488 g/mol. The number of fused-ring (bicyclic) bond motifs is 1. The van der Waals surface area contributed by atoms with E-state index >= 15 is 0 Å². The first-order valence-electron chi connectivity index (χ1n) is 12.5. The van der Waals surface area contributed by atoms with Gasteiger partial charge in [-0.25, -0.2) is 5.43 Å². The Morgan fingerprint density at radius 2 is 1.86 bits per heavy atom. The number of hydrogen-bond donors (Lipinski definition) is 2. The molecule has 190 valence electrons. The molecule has 0 atom stereocenters. The van der Waals surface area contributed by atoms with E-state index in [1.165, 1.54) is 24.6 Å². The zero-order chi connectivity index (χ0) is 26.2. The van der Waals surface area contributed by atoms with Gasteiger partial charge in [-0.1, -0.05) is 67.3 Å². The molecule has 3 aromatic rings. The molecule has 2 N–H and O–H groups in total. The maximum Gasteiger partial charge on any atom is 0.271 e. The number of halogens is 1. The number of carbonyl (C=O) groups excluding carboxylic acids is 2. The number of nitrogens with one attached hydrogen (secondary N) is 1. The highest BCUT2D eigenvalue weighted by molar-refractivity contribution is 6.32.